The van der Waals surface area contributed by atoms with Crippen molar-refractivity contribution in [1.82, 2.24) is 8.75 Å². The molecule has 1 aromatic heterocycles. The fourth-order valence-electron chi connectivity index (χ4n) is 4.34. The first-order valence-corrected chi connectivity index (χ1v) is 15.4. The van der Waals surface area contributed by atoms with Gasteiger partial charge in [0.15, 0.2) is 0 Å². The van der Waals surface area contributed by atoms with Gasteiger partial charge in [0.1, 0.15) is 12.2 Å². The van der Waals surface area contributed by atoms with Gasteiger partial charge in [-0.2, -0.15) is 4.37 Å². The zero-order chi connectivity index (χ0) is 26.7. The minimum absolute atomic E-state index is 0.133. The first-order valence-electron chi connectivity index (χ1n) is 13.7. The minimum Gasteiger partial charge on any atom is -0.475 e. The standard InChI is InChI=1S/C25H44N3O3S2.C2H6O/c1-5-8-10-12-13-17-22(31-25(29)32-7-3)28(4)18-15-16-21(20-28)23-24(27-33-26-23)30-19-14-11-9-6-2;1-3-2/h16,22H,5-15,17-20H2,1-4H3;1-2H3/q+1;. The fraction of sp³-hybridized carbons (Fsp3) is 0.815. The van der Waals surface area contributed by atoms with Crippen LogP contribution >= 0.6 is 23.5 Å². The molecule has 1 aliphatic heterocycles. The highest BCUT2D eigenvalue weighted by Crippen LogP contribution is 2.33. The van der Waals surface area contributed by atoms with Gasteiger partial charge in [-0.3, -0.25) is 4.48 Å². The summed E-state index contributed by atoms with van der Waals surface area (Å²) in [6.07, 6.45) is 14.7. The predicted octanol–water partition coefficient (Wildman–Crippen LogP) is 7.57. The number of rotatable bonds is 16. The van der Waals surface area contributed by atoms with Gasteiger partial charge >= 0.3 is 5.30 Å². The molecular weight excluding hydrogens is 494 g/mol. The van der Waals surface area contributed by atoms with Crippen LogP contribution in [-0.4, -0.2) is 71.5 Å². The summed E-state index contributed by atoms with van der Waals surface area (Å²) in [6, 6.07) is 0. The van der Waals surface area contributed by atoms with Crippen LogP contribution < -0.4 is 4.74 Å². The van der Waals surface area contributed by atoms with Gasteiger partial charge in [0.2, 0.25) is 6.23 Å². The molecule has 2 atom stereocenters. The number of likely N-dealkylation sites (N-methyl/N-ethyl adjacent to an activating group) is 1. The van der Waals surface area contributed by atoms with Crippen molar-refractivity contribution < 1.29 is 23.5 Å². The minimum atomic E-state index is -0.155. The smallest absolute Gasteiger partial charge is 0.371 e. The van der Waals surface area contributed by atoms with E-state index >= 15 is 0 Å². The van der Waals surface area contributed by atoms with E-state index in [2.05, 4.69) is 40.5 Å². The number of hydrogen-bond acceptors (Lipinski definition) is 8. The summed E-state index contributed by atoms with van der Waals surface area (Å²) in [6.45, 7) is 8.85. The highest BCUT2D eigenvalue weighted by molar-refractivity contribution is 8.13. The highest BCUT2D eigenvalue weighted by atomic mass is 32.2. The average Bonchev–Trinajstić information content (AvgIpc) is 3.32. The van der Waals surface area contributed by atoms with Crippen LogP contribution in [0.5, 0.6) is 5.88 Å². The molecule has 0 spiro atoms. The molecule has 1 aromatic rings. The molecule has 2 heterocycles. The Hall–Kier alpha value is -1.16. The van der Waals surface area contributed by atoms with Crippen LogP contribution in [0.4, 0.5) is 4.79 Å². The number of ether oxygens (including phenoxy) is 3. The fourth-order valence-corrected chi connectivity index (χ4v) is 5.28. The number of carbonyl (C=O) groups is 1. The normalized spacial score (nSPS) is 18.1. The largest absolute Gasteiger partial charge is 0.475 e. The van der Waals surface area contributed by atoms with E-state index in [4.69, 9.17) is 9.47 Å². The second-order valence-corrected chi connectivity index (χ2v) is 11.3. The molecule has 0 saturated heterocycles. The molecule has 2 rings (SSSR count). The maximum atomic E-state index is 12.4. The Morgan fingerprint density at radius 3 is 2.39 bits per heavy atom. The number of nitrogens with zero attached hydrogens (tertiary/aromatic N) is 3. The van der Waals surface area contributed by atoms with Gasteiger partial charge < -0.3 is 14.2 Å². The Labute approximate surface area is 228 Å². The molecule has 208 valence electrons. The van der Waals surface area contributed by atoms with Crippen LogP contribution in [0.1, 0.15) is 97.1 Å². The zero-order valence-electron chi connectivity index (χ0n) is 23.6. The van der Waals surface area contributed by atoms with Crippen molar-refractivity contribution in [2.24, 2.45) is 0 Å². The summed E-state index contributed by atoms with van der Waals surface area (Å²) >= 11 is 2.47. The summed E-state index contributed by atoms with van der Waals surface area (Å²) in [5.41, 5.74) is 2.03. The van der Waals surface area contributed by atoms with E-state index in [9.17, 15) is 4.79 Å². The Balaban J connectivity index is 0.00000205. The van der Waals surface area contributed by atoms with E-state index in [1.807, 2.05) is 6.92 Å². The van der Waals surface area contributed by atoms with Crippen molar-refractivity contribution in [1.29, 1.82) is 0 Å². The molecule has 9 heteroatoms. The third kappa shape index (κ3) is 12.4. The van der Waals surface area contributed by atoms with Gasteiger partial charge in [-0.25, -0.2) is 4.79 Å². The molecule has 0 aromatic carbocycles. The molecule has 0 amide bonds. The van der Waals surface area contributed by atoms with Crippen molar-refractivity contribution >= 4 is 34.4 Å². The topological polar surface area (TPSA) is 70.5 Å². The molecule has 7 nitrogen and oxygen atoms in total. The van der Waals surface area contributed by atoms with Gasteiger partial charge in [0.05, 0.1) is 31.9 Å². The van der Waals surface area contributed by atoms with Gasteiger partial charge in [-0.15, -0.1) is 4.37 Å². The predicted molar refractivity (Wildman–Crippen MR) is 153 cm³/mol. The Bertz CT molecular complexity index is 744. The molecule has 0 fully saturated rings. The number of aromatic nitrogens is 2. The van der Waals surface area contributed by atoms with E-state index in [0.717, 1.165) is 55.8 Å². The van der Waals surface area contributed by atoms with Crippen LogP contribution in [-0.2, 0) is 9.47 Å². The van der Waals surface area contributed by atoms with Crippen molar-refractivity contribution in [2.45, 2.75) is 97.6 Å². The molecule has 0 bridgehead atoms. The first kappa shape index (κ1) is 32.9. The lowest BCUT2D eigenvalue weighted by molar-refractivity contribution is -0.946. The molecule has 0 saturated carbocycles. The molecule has 36 heavy (non-hydrogen) atoms. The number of hydrogen-bond donors (Lipinski definition) is 0. The third-order valence-corrected chi connectivity index (χ3v) is 7.44. The second kappa shape index (κ2) is 19.9. The van der Waals surface area contributed by atoms with E-state index in [1.165, 1.54) is 68.4 Å². The van der Waals surface area contributed by atoms with E-state index in [1.54, 1.807) is 14.2 Å². The maximum Gasteiger partial charge on any atom is 0.371 e. The van der Waals surface area contributed by atoms with E-state index < -0.39 is 0 Å². The van der Waals surface area contributed by atoms with Gasteiger partial charge in [-0.05, 0) is 24.6 Å². The highest BCUT2D eigenvalue weighted by Gasteiger charge is 2.39. The van der Waals surface area contributed by atoms with Crippen LogP contribution in [0, 0.1) is 0 Å². The van der Waals surface area contributed by atoms with Crippen LogP contribution in [0.2, 0.25) is 0 Å². The summed E-state index contributed by atoms with van der Waals surface area (Å²) < 4.78 is 26.0. The summed E-state index contributed by atoms with van der Waals surface area (Å²) in [5, 5.41) is -0.155. The van der Waals surface area contributed by atoms with Crippen molar-refractivity contribution in [3.05, 3.63) is 11.8 Å². The SMILES string of the molecule is CCCCCCCC(OC(=O)SCC)[N+]1(C)CCC=C(c2nsnc2OCCCCCC)C1.COC. The Morgan fingerprint density at radius 2 is 1.72 bits per heavy atom. The maximum absolute atomic E-state index is 12.4. The molecule has 0 N–H and O–H groups in total. The lowest BCUT2D eigenvalue weighted by Gasteiger charge is -2.42. The van der Waals surface area contributed by atoms with Crippen molar-refractivity contribution in [3.8, 4) is 5.88 Å². The number of unbranched alkanes of at least 4 members (excludes halogenated alkanes) is 7. The number of quaternary nitrogens is 1. The first-order chi connectivity index (χ1) is 17.4. The van der Waals surface area contributed by atoms with Gasteiger partial charge in [0.25, 0.3) is 5.88 Å². The quantitative estimate of drug-likeness (QED) is 0.121. The molecule has 2 unspecified atom stereocenters. The molecule has 0 radical (unpaired) electrons. The zero-order valence-corrected chi connectivity index (χ0v) is 25.2. The molecule has 1 aliphatic rings. The Kier molecular flexibility index (Phi) is 18.2. The number of methoxy groups -OCH3 is 1. The Morgan fingerprint density at radius 1 is 1.06 bits per heavy atom. The van der Waals surface area contributed by atoms with E-state index in [-0.39, 0.29) is 11.5 Å². The average molecular weight is 545 g/mol. The van der Waals surface area contributed by atoms with Crippen LogP contribution in [0.3, 0.4) is 0 Å². The lowest BCUT2D eigenvalue weighted by atomic mass is 10.0. The third-order valence-electron chi connectivity index (χ3n) is 6.31. The number of thioether (sulfide) groups is 1. The monoisotopic (exact) mass is 544 g/mol. The van der Waals surface area contributed by atoms with Crippen LogP contribution in [0.15, 0.2) is 6.08 Å². The molecule has 0 aliphatic carbocycles. The van der Waals surface area contributed by atoms with Crippen molar-refractivity contribution in [3.63, 3.8) is 0 Å². The lowest BCUT2D eigenvalue weighted by Crippen LogP contribution is -2.56. The number of carbonyl (C=O) groups excluding carboxylic acids is 1. The van der Waals surface area contributed by atoms with Gasteiger partial charge in [0, 0.05) is 38.4 Å². The summed E-state index contributed by atoms with van der Waals surface area (Å²) in [7, 11) is 5.47. The van der Waals surface area contributed by atoms with E-state index in [0.29, 0.717) is 17.0 Å². The summed E-state index contributed by atoms with van der Waals surface area (Å²) in [5.74, 6) is 1.39. The second-order valence-electron chi connectivity index (χ2n) is 9.57. The van der Waals surface area contributed by atoms with Crippen molar-refractivity contribution in [2.75, 3.05) is 46.7 Å². The van der Waals surface area contributed by atoms with Gasteiger partial charge in [-0.1, -0.05) is 71.8 Å². The summed E-state index contributed by atoms with van der Waals surface area (Å²) in [4.78, 5) is 12.4. The molecular formula is C27H50N3O4S2+. The van der Waals surface area contributed by atoms with Crippen LogP contribution in [0.25, 0.3) is 5.57 Å².